The molecule has 156 valence electrons. The topological polar surface area (TPSA) is 92.5 Å². The Morgan fingerprint density at radius 3 is 2.65 bits per heavy atom. The maximum Gasteiger partial charge on any atom is 0.263 e. The first kappa shape index (κ1) is 21.1. The van der Waals surface area contributed by atoms with Crippen molar-refractivity contribution in [3.8, 4) is 0 Å². The molecule has 1 aliphatic carbocycles. The predicted octanol–water partition coefficient (Wildman–Crippen LogP) is 3.70. The number of fused-ring (bicyclic) bond motifs is 1. The fourth-order valence-electron chi connectivity index (χ4n) is 3.58. The summed E-state index contributed by atoms with van der Waals surface area (Å²) in [6, 6.07) is 12.2. The number of imide groups is 1. The van der Waals surface area contributed by atoms with Crippen LogP contribution in [-0.2, 0) is 17.9 Å². The highest BCUT2D eigenvalue weighted by Crippen LogP contribution is 2.31. The Morgan fingerprint density at radius 1 is 1.13 bits per heavy atom. The van der Waals surface area contributed by atoms with E-state index < -0.39 is 17.7 Å². The first-order valence-corrected chi connectivity index (χ1v) is 10.4. The molecule has 31 heavy (non-hydrogen) atoms. The Labute approximate surface area is 189 Å². The largest absolute Gasteiger partial charge is 0.326 e. The molecule has 8 heteroatoms. The molecular weight excluding hydrogens is 434 g/mol. The van der Waals surface area contributed by atoms with Gasteiger partial charge in [-0.05, 0) is 29.3 Å². The van der Waals surface area contributed by atoms with Gasteiger partial charge in [-0.25, -0.2) is 0 Å². The van der Waals surface area contributed by atoms with Crippen molar-refractivity contribution in [2.24, 2.45) is 5.73 Å². The Hall–Kier alpha value is -3.13. The van der Waals surface area contributed by atoms with Gasteiger partial charge in [-0.15, -0.1) is 0 Å². The average Bonchev–Trinajstić information content (AvgIpc) is 3.01. The van der Waals surface area contributed by atoms with Gasteiger partial charge in [0.1, 0.15) is 0 Å². The summed E-state index contributed by atoms with van der Waals surface area (Å²) in [5.41, 5.74) is 8.33. The second kappa shape index (κ2) is 8.55. The van der Waals surface area contributed by atoms with Crippen LogP contribution in [0.3, 0.4) is 0 Å². The third-order valence-corrected chi connectivity index (χ3v) is 5.77. The molecule has 0 spiro atoms. The number of carbonyl (C=O) groups is 3. The number of benzene rings is 2. The number of nitrogens with two attached hydrogens (primary N) is 1. The van der Waals surface area contributed by atoms with Crippen LogP contribution in [0.1, 0.15) is 38.3 Å². The Bertz CT molecular complexity index is 1200. The number of allylic oxidation sites excluding steroid dienone is 3. The normalized spacial score (nSPS) is 15.5. The fourth-order valence-corrected chi connectivity index (χ4v) is 4.00. The van der Waals surface area contributed by atoms with Crippen LogP contribution in [0.5, 0.6) is 0 Å². The van der Waals surface area contributed by atoms with Gasteiger partial charge in [-0.1, -0.05) is 60.2 Å². The van der Waals surface area contributed by atoms with Gasteiger partial charge in [0.15, 0.2) is 0 Å². The van der Waals surface area contributed by atoms with Crippen molar-refractivity contribution >= 4 is 52.1 Å². The predicted molar refractivity (Wildman–Crippen MR) is 123 cm³/mol. The van der Waals surface area contributed by atoms with Gasteiger partial charge in [-0.2, -0.15) is 0 Å². The summed E-state index contributed by atoms with van der Waals surface area (Å²) in [5, 5.41) is 3.14. The maximum atomic E-state index is 13.1. The summed E-state index contributed by atoms with van der Waals surface area (Å²) in [6.45, 7) is 0.478. The van der Waals surface area contributed by atoms with Crippen molar-refractivity contribution in [1.29, 1.82) is 0 Å². The van der Waals surface area contributed by atoms with E-state index in [1.165, 1.54) is 11.0 Å². The number of rotatable bonds is 5. The molecule has 2 aromatic carbocycles. The summed E-state index contributed by atoms with van der Waals surface area (Å²) in [4.78, 5) is 40.4. The van der Waals surface area contributed by atoms with Gasteiger partial charge >= 0.3 is 0 Å². The molecule has 0 aromatic heterocycles. The van der Waals surface area contributed by atoms with Gasteiger partial charge in [0, 0.05) is 22.9 Å². The average molecular weight is 452 g/mol. The summed E-state index contributed by atoms with van der Waals surface area (Å²) >= 11 is 11.3. The molecule has 0 bridgehead atoms. The van der Waals surface area contributed by atoms with Gasteiger partial charge in [0.2, 0.25) is 0 Å². The van der Waals surface area contributed by atoms with E-state index in [2.05, 4.69) is 5.32 Å². The molecule has 4 rings (SSSR count). The lowest BCUT2D eigenvalue weighted by atomic mass is 10.0. The molecule has 0 saturated carbocycles. The standard InChI is InChI=1S/C23H18ClN3O3S/c24-15-7-8-19(31)17(10-15)21(28)26-18-6-2-5-16-20(18)23(30)27(22(16)29)12-14-4-1-3-13(9-14)11-25/h1-7,9-10H,8,11-12,25H2,(H,26,28). The lowest BCUT2D eigenvalue weighted by Gasteiger charge is -2.15. The second-order valence-electron chi connectivity index (χ2n) is 7.18. The third kappa shape index (κ3) is 4.07. The van der Waals surface area contributed by atoms with Crippen LogP contribution in [0.15, 0.2) is 65.2 Å². The number of amides is 3. The van der Waals surface area contributed by atoms with E-state index in [9.17, 15) is 14.4 Å². The first-order valence-electron chi connectivity index (χ1n) is 9.58. The number of carbonyl (C=O) groups excluding carboxylic acids is 3. The van der Waals surface area contributed by atoms with Gasteiger partial charge in [-0.3, -0.25) is 19.3 Å². The molecular formula is C23H18ClN3O3S. The maximum absolute atomic E-state index is 13.1. The van der Waals surface area contributed by atoms with Crippen molar-refractivity contribution in [3.05, 3.63) is 87.5 Å². The number of nitrogens with one attached hydrogen (secondary N) is 1. The summed E-state index contributed by atoms with van der Waals surface area (Å²) in [5.74, 6) is -1.35. The van der Waals surface area contributed by atoms with Crippen LogP contribution in [0.25, 0.3) is 0 Å². The van der Waals surface area contributed by atoms with Crippen molar-refractivity contribution in [3.63, 3.8) is 0 Å². The molecule has 3 amide bonds. The minimum atomic E-state index is -0.473. The van der Waals surface area contributed by atoms with Crippen LogP contribution >= 0.6 is 23.8 Å². The highest BCUT2D eigenvalue weighted by atomic mass is 35.5. The van der Waals surface area contributed by atoms with E-state index in [0.29, 0.717) is 22.9 Å². The molecule has 2 aliphatic rings. The van der Waals surface area contributed by atoms with Crippen molar-refractivity contribution in [1.82, 2.24) is 4.90 Å². The van der Waals surface area contributed by atoms with E-state index >= 15 is 0 Å². The van der Waals surface area contributed by atoms with Crippen molar-refractivity contribution in [2.75, 3.05) is 5.32 Å². The van der Waals surface area contributed by atoms with Gasteiger partial charge in [0.25, 0.3) is 17.7 Å². The van der Waals surface area contributed by atoms with Crippen LogP contribution in [0.4, 0.5) is 5.69 Å². The lowest BCUT2D eigenvalue weighted by Crippen LogP contribution is -2.29. The van der Waals surface area contributed by atoms with Gasteiger partial charge in [0.05, 0.1) is 28.9 Å². The number of nitrogens with zero attached hydrogens (tertiary/aromatic N) is 1. The minimum absolute atomic E-state index is 0.114. The fraction of sp³-hybridized carbons (Fsp3) is 0.130. The van der Waals surface area contributed by atoms with Crippen LogP contribution < -0.4 is 11.1 Å². The quantitative estimate of drug-likeness (QED) is 0.534. The SMILES string of the molecule is NCc1cccc(CN2C(=O)c3cccc(NC(=O)C4=CC(Cl)=CCC4=S)c3C2=O)c1. The van der Waals surface area contributed by atoms with Crippen molar-refractivity contribution in [2.45, 2.75) is 19.5 Å². The minimum Gasteiger partial charge on any atom is -0.326 e. The molecule has 0 saturated heterocycles. The van der Waals surface area contributed by atoms with Crippen molar-refractivity contribution < 1.29 is 14.4 Å². The highest BCUT2D eigenvalue weighted by Gasteiger charge is 2.38. The molecule has 6 nitrogen and oxygen atoms in total. The Morgan fingerprint density at radius 2 is 1.87 bits per heavy atom. The van der Waals surface area contributed by atoms with Crippen LogP contribution in [0, 0.1) is 0 Å². The Balaban J connectivity index is 1.61. The van der Waals surface area contributed by atoms with E-state index in [4.69, 9.17) is 29.6 Å². The molecule has 3 N–H and O–H groups in total. The summed E-state index contributed by atoms with van der Waals surface area (Å²) < 4.78 is 0. The molecule has 0 unspecified atom stereocenters. The number of hydrogen-bond donors (Lipinski definition) is 2. The Kier molecular flexibility index (Phi) is 5.82. The third-order valence-electron chi connectivity index (χ3n) is 5.12. The van der Waals surface area contributed by atoms with E-state index in [0.717, 1.165) is 11.1 Å². The number of anilines is 1. The number of halogens is 1. The zero-order valence-electron chi connectivity index (χ0n) is 16.4. The van der Waals surface area contributed by atoms with E-state index in [1.807, 2.05) is 24.3 Å². The van der Waals surface area contributed by atoms with E-state index in [-0.39, 0.29) is 28.9 Å². The molecule has 1 heterocycles. The smallest absolute Gasteiger partial charge is 0.263 e. The number of hydrogen-bond acceptors (Lipinski definition) is 5. The molecule has 2 aromatic rings. The van der Waals surface area contributed by atoms with Gasteiger partial charge < -0.3 is 11.1 Å². The van der Waals surface area contributed by atoms with E-state index in [1.54, 1.807) is 24.3 Å². The number of thiocarbonyl (C=S) groups is 1. The van der Waals surface area contributed by atoms with Crippen LogP contribution in [0.2, 0.25) is 0 Å². The highest BCUT2D eigenvalue weighted by molar-refractivity contribution is 7.81. The molecule has 0 radical (unpaired) electrons. The monoisotopic (exact) mass is 451 g/mol. The summed E-state index contributed by atoms with van der Waals surface area (Å²) in [6.07, 6.45) is 3.61. The lowest BCUT2D eigenvalue weighted by molar-refractivity contribution is -0.112. The zero-order chi connectivity index (χ0) is 22.1. The molecule has 0 atom stereocenters. The zero-order valence-corrected chi connectivity index (χ0v) is 17.9. The second-order valence-corrected chi connectivity index (χ2v) is 8.11. The first-order chi connectivity index (χ1) is 14.9. The molecule has 0 fully saturated rings. The summed E-state index contributed by atoms with van der Waals surface area (Å²) in [7, 11) is 0. The van der Waals surface area contributed by atoms with Crippen LogP contribution in [-0.4, -0.2) is 27.5 Å². The molecule has 1 aliphatic heterocycles.